The van der Waals surface area contributed by atoms with Crippen molar-refractivity contribution in [2.24, 2.45) is 0 Å². The van der Waals surface area contributed by atoms with Crippen LogP contribution >= 0.6 is 0 Å². The zero-order chi connectivity index (χ0) is 8.15. The van der Waals surface area contributed by atoms with Crippen LogP contribution < -0.4 is 0 Å². The molecule has 0 heterocycles. The molecule has 1 amide bonds. The molecule has 0 fully saturated rings. The first kappa shape index (κ1) is 8.94. The van der Waals surface area contributed by atoms with Crippen LogP contribution in [0.3, 0.4) is 0 Å². The topological polar surface area (TPSA) is 46.6 Å². The number of hydroxylamine groups is 2. The molecule has 58 valence electrons. The molecule has 0 aromatic heterocycles. The Hall–Kier alpha value is -1.06. The van der Waals surface area contributed by atoms with Crippen molar-refractivity contribution in [3.8, 4) is 0 Å². The van der Waals surface area contributed by atoms with E-state index in [1.54, 1.807) is 6.92 Å². The second-order valence-corrected chi connectivity index (χ2v) is 1.80. The summed E-state index contributed by atoms with van der Waals surface area (Å²) in [5.74, 6) is -0.741. The van der Waals surface area contributed by atoms with Gasteiger partial charge < -0.3 is 4.84 Å². The van der Waals surface area contributed by atoms with E-state index in [9.17, 15) is 9.59 Å². The molecule has 0 aromatic carbocycles. The fourth-order valence-corrected chi connectivity index (χ4v) is 0.507. The van der Waals surface area contributed by atoms with E-state index in [0.29, 0.717) is 6.54 Å². The highest BCUT2D eigenvalue weighted by Crippen LogP contribution is 1.90. The zero-order valence-corrected chi connectivity index (χ0v) is 6.38. The van der Waals surface area contributed by atoms with Crippen molar-refractivity contribution in [3.63, 3.8) is 0 Å². The highest BCUT2D eigenvalue weighted by molar-refractivity contribution is 5.75. The van der Waals surface area contributed by atoms with E-state index in [1.807, 2.05) is 0 Å². The van der Waals surface area contributed by atoms with Crippen LogP contribution in [-0.2, 0) is 14.4 Å². The van der Waals surface area contributed by atoms with E-state index in [-0.39, 0.29) is 5.91 Å². The van der Waals surface area contributed by atoms with Gasteiger partial charge >= 0.3 is 5.97 Å². The van der Waals surface area contributed by atoms with Crippen molar-refractivity contribution in [2.75, 3.05) is 6.54 Å². The lowest BCUT2D eigenvalue weighted by Crippen LogP contribution is -2.30. The van der Waals surface area contributed by atoms with Gasteiger partial charge in [0.1, 0.15) is 0 Å². The highest BCUT2D eigenvalue weighted by atomic mass is 16.7. The molecule has 4 nitrogen and oxygen atoms in total. The van der Waals surface area contributed by atoms with Crippen LogP contribution in [0.15, 0.2) is 0 Å². The van der Waals surface area contributed by atoms with E-state index in [2.05, 4.69) is 4.84 Å². The molecule has 0 aliphatic carbocycles. The number of hydrogen-bond donors (Lipinski definition) is 0. The Bertz CT molecular complexity index is 144. The summed E-state index contributed by atoms with van der Waals surface area (Å²) in [5.41, 5.74) is 0. The van der Waals surface area contributed by atoms with Gasteiger partial charge in [0.2, 0.25) is 0 Å². The standard InChI is InChI=1S/C6H11NO3/c1-4-7(5(2)8)10-6(3)9/h4H2,1-3H3. The van der Waals surface area contributed by atoms with Crippen molar-refractivity contribution in [2.45, 2.75) is 20.8 Å². The van der Waals surface area contributed by atoms with Gasteiger partial charge in [0.05, 0.1) is 6.54 Å². The summed E-state index contributed by atoms with van der Waals surface area (Å²) in [6.45, 7) is 4.71. The van der Waals surface area contributed by atoms with Gasteiger partial charge in [-0.1, -0.05) is 0 Å². The van der Waals surface area contributed by atoms with Crippen molar-refractivity contribution >= 4 is 11.9 Å². The van der Waals surface area contributed by atoms with Gasteiger partial charge in [0, 0.05) is 13.8 Å². The van der Waals surface area contributed by atoms with Crippen LogP contribution in [0.5, 0.6) is 0 Å². The van der Waals surface area contributed by atoms with E-state index in [1.165, 1.54) is 13.8 Å². The Labute approximate surface area is 59.7 Å². The predicted octanol–water partition coefficient (Wildman–Crippen LogP) is 0.333. The molecule has 4 heteroatoms. The molecule has 10 heavy (non-hydrogen) atoms. The van der Waals surface area contributed by atoms with E-state index < -0.39 is 5.97 Å². The number of nitrogens with zero attached hydrogens (tertiary/aromatic N) is 1. The monoisotopic (exact) mass is 145 g/mol. The molecule has 0 saturated heterocycles. The Morgan fingerprint density at radius 1 is 1.40 bits per heavy atom. The third-order valence-electron chi connectivity index (χ3n) is 0.877. The molecule has 0 unspecified atom stereocenters. The molecular formula is C6H11NO3. The predicted molar refractivity (Wildman–Crippen MR) is 34.8 cm³/mol. The Kier molecular flexibility index (Phi) is 3.46. The highest BCUT2D eigenvalue weighted by Gasteiger charge is 2.07. The van der Waals surface area contributed by atoms with E-state index in [4.69, 9.17) is 0 Å². The molecule has 0 radical (unpaired) electrons. The summed E-state index contributed by atoms with van der Waals surface area (Å²) in [6, 6.07) is 0. The van der Waals surface area contributed by atoms with Gasteiger partial charge in [-0.25, -0.2) is 0 Å². The first-order valence-electron chi connectivity index (χ1n) is 3.04. The number of hydrogen-bond acceptors (Lipinski definition) is 3. The third-order valence-corrected chi connectivity index (χ3v) is 0.877. The Balaban J connectivity index is 3.83. The minimum absolute atomic E-state index is 0.266. The largest absolute Gasteiger partial charge is 0.339 e. The fraction of sp³-hybridized carbons (Fsp3) is 0.667. The van der Waals surface area contributed by atoms with Crippen LogP contribution in [0.1, 0.15) is 20.8 Å². The van der Waals surface area contributed by atoms with Crippen LogP contribution in [0.25, 0.3) is 0 Å². The lowest BCUT2D eigenvalue weighted by atomic mass is 10.6. The SMILES string of the molecule is CCN(OC(C)=O)C(C)=O. The minimum Gasteiger partial charge on any atom is -0.339 e. The van der Waals surface area contributed by atoms with Crippen molar-refractivity contribution in [1.82, 2.24) is 5.06 Å². The second-order valence-electron chi connectivity index (χ2n) is 1.80. The summed E-state index contributed by atoms with van der Waals surface area (Å²) >= 11 is 0. The molecular weight excluding hydrogens is 134 g/mol. The van der Waals surface area contributed by atoms with E-state index in [0.717, 1.165) is 5.06 Å². The number of carbonyl (C=O) groups is 2. The van der Waals surface area contributed by atoms with Crippen molar-refractivity contribution in [1.29, 1.82) is 0 Å². The molecule has 0 aliphatic rings. The number of amides is 1. The van der Waals surface area contributed by atoms with Crippen molar-refractivity contribution in [3.05, 3.63) is 0 Å². The van der Waals surface area contributed by atoms with Gasteiger partial charge in [-0.05, 0) is 6.92 Å². The van der Waals surface area contributed by atoms with Gasteiger partial charge in [-0.3, -0.25) is 9.59 Å². The molecule has 0 spiro atoms. The first-order chi connectivity index (χ1) is 4.57. The normalized spacial score (nSPS) is 8.70. The Morgan fingerprint density at radius 3 is 2.00 bits per heavy atom. The lowest BCUT2D eigenvalue weighted by Gasteiger charge is -2.15. The summed E-state index contributed by atoms with van der Waals surface area (Å²) in [7, 11) is 0. The maximum Gasteiger partial charge on any atom is 0.329 e. The summed E-state index contributed by atoms with van der Waals surface area (Å²) in [4.78, 5) is 25.4. The second kappa shape index (κ2) is 3.87. The van der Waals surface area contributed by atoms with Crippen molar-refractivity contribution < 1.29 is 14.4 Å². The lowest BCUT2D eigenvalue weighted by molar-refractivity contribution is -0.194. The maximum atomic E-state index is 10.6. The minimum atomic E-state index is -0.475. The molecule has 0 rings (SSSR count). The third kappa shape index (κ3) is 3.06. The first-order valence-corrected chi connectivity index (χ1v) is 3.04. The van der Waals surface area contributed by atoms with Gasteiger partial charge in [-0.15, -0.1) is 0 Å². The molecule has 0 atom stereocenters. The average molecular weight is 145 g/mol. The van der Waals surface area contributed by atoms with Gasteiger partial charge in [0.15, 0.2) is 0 Å². The number of rotatable bonds is 1. The number of carbonyl (C=O) groups excluding carboxylic acids is 2. The maximum absolute atomic E-state index is 10.6. The average Bonchev–Trinajstić information content (AvgIpc) is 1.81. The smallest absolute Gasteiger partial charge is 0.329 e. The summed E-state index contributed by atoms with van der Waals surface area (Å²) in [6.07, 6.45) is 0. The Morgan fingerprint density at radius 2 is 1.90 bits per heavy atom. The van der Waals surface area contributed by atoms with E-state index >= 15 is 0 Å². The van der Waals surface area contributed by atoms with Crippen LogP contribution in [-0.4, -0.2) is 23.5 Å². The zero-order valence-electron chi connectivity index (χ0n) is 6.38. The molecule has 0 saturated carbocycles. The van der Waals surface area contributed by atoms with Gasteiger partial charge in [0.25, 0.3) is 5.91 Å². The van der Waals surface area contributed by atoms with Crippen LogP contribution in [0, 0.1) is 0 Å². The van der Waals surface area contributed by atoms with Crippen LogP contribution in [0.2, 0.25) is 0 Å². The molecule has 0 aliphatic heterocycles. The molecule has 0 N–H and O–H groups in total. The van der Waals surface area contributed by atoms with Gasteiger partial charge in [-0.2, -0.15) is 5.06 Å². The summed E-state index contributed by atoms with van der Waals surface area (Å²) < 4.78 is 0. The molecule has 0 bridgehead atoms. The fourth-order valence-electron chi connectivity index (χ4n) is 0.507. The summed E-state index contributed by atoms with van der Waals surface area (Å²) in [5, 5.41) is 1.00. The molecule has 0 aromatic rings. The van der Waals surface area contributed by atoms with Crippen LogP contribution in [0.4, 0.5) is 0 Å². The quantitative estimate of drug-likeness (QED) is 0.499.